The average molecular weight is 458 g/mol. The van der Waals surface area contributed by atoms with Gasteiger partial charge >= 0.3 is 0 Å². The first-order valence-corrected chi connectivity index (χ1v) is 11.9. The van der Waals surface area contributed by atoms with Gasteiger partial charge in [0.2, 0.25) is 11.9 Å². The van der Waals surface area contributed by atoms with Gasteiger partial charge in [0.25, 0.3) is 5.91 Å². The molecular weight excluding hydrogens is 430 g/mol. The van der Waals surface area contributed by atoms with Crippen LogP contribution in [0.15, 0.2) is 48.8 Å². The van der Waals surface area contributed by atoms with Crippen LogP contribution in [0.3, 0.4) is 0 Å². The molecule has 0 saturated carbocycles. The Labute approximate surface area is 197 Å². The molecule has 2 aliphatic heterocycles. The highest BCUT2D eigenvalue weighted by atomic mass is 16.2. The fourth-order valence-electron chi connectivity index (χ4n) is 4.90. The minimum absolute atomic E-state index is 0.00925. The van der Waals surface area contributed by atoms with Gasteiger partial charge in [0.05, 0.1) is 11.7 Å². The maximum Gasteiger partial charge on any atom is 0.271 e. The second kappa shape index (κ2) is 8.77. The summed E-state index contributed by atoms with van der Waals surface area (Å²) >= 11 is 0. The number of pyridine rings is 1. The first-order chi connectivity index (χ1) is 16.8. The van der Waals surface area contributed by atoms with Crippen molar-refractivity contribution in [3.63, 3.8) is 0 Å². The molecule has 2 saturated heterocycles. The quantitative estimate of drug-likeness (QED) is 0.472. The highest BCUT2D eigenvalue weighted by Crippen LogP contribution is 2.34. The Morgan fingerprint density at radius 3 is 2.79 bits per heavy atom. The van der Waals surface area contributed by atoms with Crippen molar-refractivity contribution in [1.82, 2.24) is 34.4 Å². The molecule has 2 N–H and O–H groups in total. The highest BCUT2D eigenvalue weighted by molar-refractivity contribution is 5.93. The van der Waals surface area contributed by atoms with Gasteiger partial charge in [0.15, 0.2) is 5.82 Å². The standard InChI is InChI=1S/C24H27N9O/c34-22(31-12-4-1-5-13-31)18-16-20(30-29-18)26-23-28-24(27-21-10-7-15-33(21)23)32-14-6-9-19(32)17-8-2-3-11-25-17/h2-3,7-8,10-11,15-16,19H,1,4-6,9,12-14H2,(H2,26,27,28,29,30). The molecule has 0 radical (unpaired) electrons. The first kappa shape index (κ1) is 20.6. The number of amides is 1. The van der Waals surface area contributed by atoms with Crippen molar-refractivity contribution < 1.29 is 4.79 Å². The molecule has 6 heterocycles. The van der Waals surface area contributed by atoms with Crippen LogP contribution in [0.2, 0.25) is 0 Å². The van der Waals surface area contributed by atoms with Gasteiger partial charge in [-0.3, -0.25) is 19.3 Å². The van der Waals surface area contributed by atoms with Gasteiger partial charge in [-0.15, -0.1) is 0 Å². The molecule has 0 aliphatic carbocycles. The molecule has 10 heteroatoms. The van der Waals surface area contributed by atoms with Crippen LogP contribution in [0, 0.1) is 0 Å². The largest absolute Gasteiger partial charge is 0.337 e. The van der Waals surface area contributed by atoms with Crippen molar-refractivity contribution in [2.75, 3.05) is 29.9 Å². The molecule has 34 heavy (non-hydrogen) atoms. The van der Waals surface area contributed by atoms with E-state index in [9.17, 15) is 4.79 Å². The van der Waals surface area contributed by atoms with Crippen molar-refractivity contribution in [2.24, 2.45) is 0 Å². The third-order valence-corrected chi connectivity index (χ3v) is 6.61. The molecule has 4 aromatic heterocycles. The van der Waals surface area contributed by atoms with Gasteiger partial charge in [0.1, 0.15) is 11.3 Å². The number of carbonyl (C=O) groups is 1. The van der Waals surface area contributed by atoms with Gasteiger partial charge in [-0.25, -0.2) is 0 Å². The van der Waals surface area contributed by atoms with E-state index in [1.54, 1.807) is 6.07 Å². The maximum atomic E-state index is 12.8. The van der Waals surface area contributed by atoms with Gasteiger partial charge < -0.3 is 15.1 Å². The minimum atomic E-state index is -0.00925. The summed E-state index contributed by atoms with van der Waals surface area (Å²) in [6.07, 6.45) is 9.09. The summed E-state index contributed by atoms with van der Waals surface area (Å²) in [5, 5.41) is 10.5. The van der Waals surface area contributed by atoms with Crippen LogP contribution in [-0.2, 0) is 0 Å². The van der Waals surface area contributed by atoms with E-state index in [1.807, 2.05) is 46.0 Å². The highest BCUT2D eigenvalue weighted by Gasteiger charge is 2.30. The van der Waals surface area contributed by atoms with Crippen molar-refractivity contribution in [3.8, 4) is 0 Å². The van der Waals surface area contributed by atoms with Crippen molar-refractivity contribution in [3.05, 3.63) is 60.2 Å². The molecule has 0 bridgehead atoms. The third kappa shape index (κ3) is 3.85. The number of H-pyrrole nitrogens is 1. The number of carbonyl (C=O) groups excluding carboxylic acids is 1. The number of aromatic amines is 1. The molecule has 2 aliphatic rings. The van der Waals surface area contributed by atoms with E-state index < -0.39 is 0 Å². The monoisotopic (exact) mass is 457 g/mol. The van der Waals surface area contributed by atoms with Crippen molar-refractivity contribution in [1.29, 1.82) is 0 Å². The molecule has 2 fully saturated rings. The molecule has 174 valence electrons. The summed E-state index contributed by atoms with van der Waals surface area (Å²) < 4.78 is 1.89. The van der Waals surface area contributed by atoms with E-state index in [2.05, 4.69) is 31.5 Å². The number of hydrogen-bond donors (Lipinski definition) is 2. The van der Waals surface area contributed by atoms with E-state index in [0.717, 1.165) is 56.7 Å². The molecular formula is C24H27N9O. The Morgan fingerprint density at radius 1 is 1.03 bits per heavy atom. The number of nitrogens with one attached hydrogen (secondary N) is 2. The van der Waals surface area contributed by atoms with E-state index in [1.165, 1.54) is 6.42 Å². The van der Waals surface area contributed by atoms with Crippen molar-refractivity contribution in [2.45, 2.75) is 38.1 Å². The van der Waals surface area contributed by atoms with Gasteiger partial charge in [-0.1, -0.05) is 6.07 Å². The Morgan fingerprint density at radius 2 is 1.94 bits per heavy atom. The van der Waals surface area contributed by atoms with E-state index >= 15 is 0 Å². The SMILES string of the molecule is O=C(c1cc(Nc2nc(N3CCCC3c3ccccn3)nc3cccn23)n[nH]1)N1CCCCC1. The van der Waals surface area contributed by atoms with Crippen LogP contribution in [0.25, 0.3) is 5.65 Å². The molecule has 6 rings (SSSR count). The molecule has 10 nitrogen and oxygen atoms in total. The average Bonchev–Trinajstić information content (AvgIpc) is 3.65. The number of likely N-dealkylation sites (tertiary alicyclic amines) is 1. The smallest absolute Gasteiger partial charge is 0.271 e. The minimum Gasteiger partial charge on any atom is -0.337 e. The predicted octanol–water partition coefficient (Wildman–Crippen LogP) is 3.56. The van der Waals surface area contributed by atoms with Crippen LogP contribution >= 0.6 is 0 Å². The maximum absolute atomic E-state index is 12.8. The van der Waals surface area contributed by atoms with Gasteiger partial charge in [0, 0.05) is 38.1 Å². The van der Waals surface area contributed by atoms with E-state index in [4.69, 9.17) is 9.97 Å². The number of hydrogen-bond acceptors (Lipinski definition) is 7. The zero-order chi connectivity index (χ0) is 22.9. The summed E-state index contributed by atoms with van der Waals surface area (Å²) in [5.74, 6) is 1.79. The van der Waals surface area contributed by atoms with Gasteiger partial charge in [-0.2, -0.15) is 15.1 Å². The second-order valence-electron chi connectivity index (χ2n) is 8.83. The lowest BCUT2D eigenvalue weighted by Gasteiger charge is -2.25. The summed E-state index contributed by atoms with van der Waals surface area (Å²) in [5.41, 5.74) is 2.30. The Balaban J connectivity index is 1.28. The molecule has 0 aromatic carbocycles. The Kier molecular flexibility index (Phi) is 5.32. The Hall–Kier alpha value is -3.95. The summed E-state index contributed by atoms with van der Waals surface area (Å²) in [4.78, 5) is 31.2. The topological polar surface area (TPSA) is 107 Å². The lowest BCUT2D eigenvalue weighted by Crippen LogP contribution is -2.35. The lowest BCUT2D eigenvalue weighted by atomic mass is 10.1. The zero-order valence-electron chi connectivity index (χ0n) is 18.9. The normalized spacial score (nSPS) is 18.5. The van der Waals surface area contributed by atoms with Crippen LogP contribution in [-0.4, -0.2) is 60.0 Å². The summed E-state index contributed by atoms with van der Waals surface area (Å²) in [6, 6.07) is 11.8. The van der Waals surface area contributed by atoms with Crippen LogP contribution < -0.4 is 10.2 Å². The molecule has 1 atom stereocenters. The number of piperidine rings is 1. The molecule has 1 unspecified atom stereocenters. The summed E-state index contributed by atoms with van der Waals surface area (Å²) in [7, 11) is 0. The fourth-order valence-corrected chi connectivity index (χ4v) is 4.90. The number of anilines is 3. The number of rotatable bonds is 5. The van der Waals surface area contributed by atoms with E-state index in [-0.39, 0.29) is 11.9 Å². The van der Waals surface area contributed by atoms with Crippen LogP contribution in [0.4, 0.5) is 17.7 Å². The number of nitrogens with zero attached hydrogens (tertiary/aromatic N) is 7. The van der Waals surface area contributed by atoms with Crippen LogP contribution in [0.1, 0.15) is 54.3 Å². The third-order valence-electron chi connectivity index (χ3n) is 6.61. The molecule has 1 amide bonds. The molecule has 4 aromatic rings. The zero-order valence-corrected chi connectivity index (χ0v) is 18.9. The number of fused-ring (bicyclic) bond motifs is 1. The lowest BCUT2D eigenvalue weighted by molar-refractivity contribution is 0.0718. The molecule has 0 spiro atoms. The first-order valence-electron chi connectivity index (χ1n) is 11.9. The number of aromatic nitrogens is 6. The Bertz CT molecular complexity index is 1290. The van der Waals surface area contributed by atoms with Gasteiger partial charge in [-0.05, 0) is 56.4 Å². The predicted molar refractivity (Wildman–Crippen MR) is 128 cm³/mol. The fraction of sp³-hybridized carbons (Fsp3) is 0.375. The van der Waals surface area contributed by atoms with Crippen LogP contribution in [0.5, 0.6) is 0 Å². The van der Waals surface area contributed by atoms with Crippen molar-refractivity contribution >= 4 is 29.3 Å². The van der Waals surface area contributed by atoms with E-state index in [0.29, 0.717) is 23.4 Å². The second-order valence-corrected chi connectivity index (χ2v) is 8.83. The summed E-state index contributed by atoms with van der Waals surface area (Å²) in [6.45, 7) is 2.47.